The maximum absolute atomic E-state index is 12.2. The van der Waals surface area contributed by atoms with Crippen LogP contribution in [0.1, 0.15) is 25.5 Å². The summed E-state index contributed by atoms with van der Waals surface area (Å²) in [7, 11) is 0. The quantitative estimate of drug-likeness (QED) is 0.511. The molecule has 4 aromatic rings. The zero-order valence-corrected chi connectivity index (χ0v) is 17.4. The van der Waals surface area contributed by atoms with E-state index in [9.17, 15) is 4.79 Å². The lowest BCUT2D eigenvalue weighted by molar-refractivity contribution is 0.295. The third-order valence-electron chi connectivity index (χ3n) is 4.71. The molecule has 0 bridgehead atoms. The molecule has 2 aromatic heterocycles. The number of nitrogens with two attached hydrogens (primary N) is 1. The number of nitrogen functional groups attached to an aromatic ring is 1. The van der Waals surface area contributed by atoms with E-state index >= 15 is 0 Å². The molecule has 7 heteroatoms. The average molecular weight is 413 g/mol. The van der Waals surface area contributed by atoms with Gasteiger partial charge in [0.2, 0.25) is 0 Å². The Morgan fingerprint density at radius 3 is 2.26 bits per heavy atom. The minimum Gasteiger partial charge on any atom is -0.470 e. The van der Waals surface area contributed by atoms with Crippen LogP contribution in [0.5, 0.6) is 5.88 Å². The first kappa shape index (κ1) is 20.3. The molecule has 0 aliphatic rings. The monoisotopic (exact) mass is 413 g/mol. The van der Waals surface area contributed by atoms with Crippen LogP contribution in [-0.4, -0.2) is 19.7 Å². The number of anilines is 1. The van der Waals surface area contributed by atoms with Crippen molar-refractivity contribution in [1.82, 2.24) is 19.7 Å². The van der Waals surface area contributed by atoms with Gasteiger partial charge in [0.1, 0.15) is 23.7 Å². The first-order chi connectivity index (χ1) is 15.0. The lowest BCUT2D eigenvalue weighted by Gasteiger charge is -2.15. The summed E-state index contributed by atoms with van der Waals surface area (Å²) >= 11 is 0. The highest BCUT2D eigenvalue weighted by Gasteiger charge is 2.19. The summed E-state index contributed by atoms with van der Waals surface area (Å²) in [6, 6.07) is 22.4. The molecule has 31 heavy (non-hydrogen) atoms. The number of hydrogen-bond acceptors (Lipinski definition) is 6. The van der Waals surface area contributed by atoms with Gasteiger partial charge in [0.15, 0.2) is 5.82 Å². The van der Waals surface area contributed by atoms with Crippen LogP contribution in [0.2, 0.25) is 0 Å². The van der Waals surface area contributed by atoms with E-state index in [0.29, 0.717) is 23.7 Å². The van der Waals surface area contributed by atoms with Crippen LogP contribution in [0.4, 0.5) is 5.82 Å². The Hall–Kier alpha value is -4.00. The van der Waals surface area contributed by atoms with Gasteiger partial charge in [-0.25, -0.2) is 14.6 Å². The smallest absolute Gasteiger partial charge is 0.267 e. The Morgan fingerprint density at radius 2 is 1.58 bits per heavy atom. The fraction of sp³-hybridized carbons (Fsp3) is 0.167. The number of benzene rings is 2. The average Bonchev–Trinajstić information content (AvgIpc) is 2.79. The summed E-state index contributed by atoms with van der Waals surface area (Å²) in [6.07, 6.45) is 0. The molecule has 0 amide bonds. The largest absolute Gasteiger partial charge is 0.470 e. The predicted molar refractivity (Wildman–Crippen MR) is 121 cm³/mol. The molecule has 2 N–H and O–H groups in total. The summed E-state index contributed by atoms with van der Waals surface area (Å²) in [5, 5.41) is 4.52. The van der Waals surface area contributed by atoms with E-state index in [1.54, 1.807) is 6.07 Å². The van der Waals surface area contributed by atoms with Gasteiger partial charge in [0.25, 0.3) is 11.4 Å². The Kier molecular flexibility index (Phi) is 5.75. The van der Waals surface area contributed by atoms with Gasteiger partial charge in [0, 0.05) is 11.6 Å². The summed E-state index contributed by atoms with van der Waals surface area (Å²) < 4.78 is 7.31. The summed E-state index contributed by atoms with van der Waals surface area (Å²) in [5.41, 5.74) is 9.45. The molecule has 0 unspecified atom stereocenters. The van der Waals surface area contributed by atoms with Crippen molar-refractivity contribution in [3.8, 4) is 28.5 Å². The van der Waals surface area contributed by atoms with Crippen molar-refractivity contribution in [1.29, 1.82) is 0 Å². The van der Waals surface area contributed by atoms with E-state index in [1.165, 1.54) is 10.7 Å². The van der Waals surface area contributed by atoms with Crippen molar-refractivity contribution in [2.45, 2.75) is 26.5 Å². The van der Waals surface area contributed by atoms with Crippen molar-refractivity contribution in [3.63, 3.8) is 0 Å². The molecule has 0 spiro atoms. The van der Waals surface area contributed by atoms with Gasteiger partial charge in [-0.3, -0.25) is 4.79 Å². The second-order valence-electron chi connectivity index (χ2n) is 7.35. The molecule has 0 atom stereocenters. The minimum atomic E-state index is -0.177. The van der Waals surface area contributed by atoms with Crippen molar-refractivity contribution in [2.75, 3.05) is 5.73 Å². The molecule has 156 valence electrons. The molecule has 0 radical (unpaired) electrons. The van der Waals surface area contributed by atoms with E-state index in [-0.39, 0.29) is 23.3 Å². The van der Waals surface area contributed by atoms with Crippen LogP contribution in [0.3, 0.4) is 0 Å². The highest BCUT2D eigenvalue weighted by Crippen LogP contribution is 2.32. The molecule has 2 heterocycles. The zero-order valence-electron chi connectivity index (χ0n) is 17.4. The zero-order chi connectivity index (χ0) is 21.8. The van der Waals surface area contributed by atoms with Crippen molar-refractivity contribution >= 4 is 5.82 Å². The van der Waals surface area contributed by atoms with E-state index in [0.717, 1.165) is 11.1 Å². The Bertz CT molecular complexity index is 1240. The highest BCUT2D eigenvalue weighted by atomic mass is 16.5. The highest BCUT2D eigenvalue weighted by molar-refractivity contribution is 5.77. The molecule has 0 saturated carbocycles. The molecule has 7 nitrogen and oxygen atoms in total. The number of aromatic nitrogens is 4. The van der Waals surface area contributed by atoms with Gasteiger partial charge >= 0.3 is 0 Å². The van der Waals surface area contributed by atoms with Crippen LogP contribution >= 0.6 is 0 Å². The van der Waals surface area contributed by atoms with Crippen LogP contribution in [0.25, 0.3) is 22.6 Å². The molecule has 0 saturated heterocycles. The van der Waals surface area contributed by atoms with Crippen LogP contribution in [0.15, 0.2) is 77.6 Å². The molecule has 0 aliphatic heterocycles. The van der Waals surface area contributed by atoms with Gasteiger partial charge in [-0.1, -0.05) is 60.7 Å². The normalized spacial score (nSPS) is 10.9. The number of ether oxygens (including phenoxy) is 1. The third kappa shape index (κ3) is 4.45. The summed E-state index contributed by atoms with van der Waals surface area (Å²) in [6.45, 7) is 4.11. The van der Waals surface area contributed by atoms with Gasteiger partial charge in [-0.05, 0) is 25.5 Å². The maximum atomic E-state index is 12.2. The van der Waals surface area contributed by atoms with Crippen LogP contribution in [0, 0.1) is 0 Å². The second kappa shape index (κ2) is 8.79. The minimum absolute atomic E-state index is 0.0943. The van der Waals surface area contributed by atoms with Crippen LogP contribution in [-0.2, 0) is 6.61 Å². The fourth-order valence-electron chi connectivity index (χ4n) is 3.16. The number of rotatable bonds is 6. The first-order valence-corrected chi connectivity index (χ1v) is 10.0. The van der Waals surface area contributed by atoms with Crippen LogP contribution < -0.4 is 16.0 Å². The second-order valence-corrected chi connectivity index (χ2v) is 7.35. The Labute approximate surface area is 180 Å². The molecular formula is C24H23N5O2. The molecule has 0 aliphatic carbocycles. The van der Waals surface area contributed by atoms with E-state index in [1.807, 2.05) is 74.5 Å². The van der Waals surface area contributed by atoms with Gasteiger partial charge < -0.3 is 10.5 Å². The van der Waals surface area contributed by atoms with E-state index in [2.05, 4.69) is 15.1 Å². The maximum Gasteiger partial charge on any atom is 0.267 e. The van der Waals surface area contributed by atoms with Gasteiger partial charge in [-0.15, -0.1) is 0 Å². The van der Waals surface area contributed by atoms with E-state index in [4.69, 9.17) is 10.5 Å². The van der Waals surface area contributed by atoms with Gasteiger partial charge in [-0.2, -0.15) is 5.10 Å². The molecule has 0 fully saturated rings. The summed E-state index contributed by atoms with van der Waals surface area (Å²) in [4.78, 5) is 21.5. The first-order valence-electron chi connectivity index (χ1n) is 10.0. The third-order valence-corrected chi connectivity index (χ3v) is 4.71. The van der Waals surface area contributed by atoms with E-state index < -0.39 is 0 Å². The van der Waals surface area contributed by atoms with Crippen molar-refractivity contribution in [2.24, 2.45) is 0 Å². The number of nitrogens with zero attached hydrogens (tertiary/aromatic N) is 4. The fourth-order valence-corrected chi connectivity index (χ4v) is 3.16. The molecular weight excluding hydrogens is 390 g/mol. The van der Waals surface area contributed by atoms with Gasteiger partial charge in [0.05, 0.1) is 6.04 Å². The SMILES string of the molecule is CC(C)n1nc(-c2nc(OCc3ccccc3)c(N)nc2-c2ccccc2)ccc1=O. The number of hydrogen-bond donors (Lipinski definition) is 1. The molecule has 4 rings (SSSR count). The topological polar surface area (TPSA) is 95.9 Å². The predicted octanol–water partition coefficient (Wildman–Crippen LogP) is 4.11. The summed E-state index contributed by atoms with van der Waals surface area (Å²) in [5.74, 6) is 0.415. The lowest BCUT2D eigenvalue weighted by Crippen LogP contribution is -2.24. The van der Waals surface area contributed by atoms with Crippen molar-refractivity contribution < 1.29 is 4.74 Å². The van der Waals surface area contributed by atoms with Crippen molar-refractivity contribution in [3.05, 3.63) is 88.7 Å². The Morgan fingerprint density at radius 1 is 0.903 bits per heavy atom. The lowest BCUT2D eigenvalue weighted by atomic mass is 10.1. The molecule has 2 aromatic carbocycles. The Balaban J connectivity index is 1.82. The standard InChI is InChI=1S/C24H23N5O2/c1-16(2)29-20(30)14-13-19(28-29)22-21(18-11-7-4-8-12-18)26-23(25)24(27-22)31-15-17-9-5-3-6-10-17/h3-14,16H,15H2,1-2H3,(H2,25,26).